The fraction of sp³-hybridized carbons (Fsp3) is 0.0400. The third-order valence-electron chi connectivity index (χ3n) is 5.15. The number of aromatic nitrogens is 4. The van der Waals surface area contributed by atoms with Crippen LogP contribution in [-0.2, 0) is 0 Å². The number of nitrogens with one attached hydrogen (secondary N) is 1. The molecule has 2 heterocycles. The highest BCUT2D eigenvalue weighted by atomic mass is 19.1. The Kier molecular flexibility index (Phi) is 5.24. The zero-order valence-electron chi connectivity index (χ0n) is 17.6. The highest BCUT2D eigenvalue weighted by Gasteiger charge is 2.14. The highest BCUT2D eigenvalue weighted by molar-refractivity contribution is 6.04. The van der Waals surface area contributed by atoms with Gasteiger partial charge in [-0.3, -0.25) is 4.79 Å². The van der Waals surface area contributed by atoms with E-state index in [9.17, 15) is 9.18 Å². The Hall–Kier alpha value is -4.59. The van der Waals surface area contributed by atoms with Crippen LogP contribution in [-0.4, -0.2) is 25.9 Å². The maximum atomic E-state index is 14.4. The third-order valence-corrected chi connectivity index (χ3v) is 5.15. The van der Waals surface area contributed by atoms with Gasteiger partial charge >= 0.3 is 0 Å². The summed E-state index contributed by atoms with van der Waals surface area (Å²) in [6.07, 6.45) is 3.21. The topological polar surface area (TPSA) is 85.8 Å². The molecule has 0 spiro atoms. The molecular weight excluding hydrogens is 421 g/mol. The molecule has 3 aromatic carbocycles. The van der Waals surface area contributed by atoms with Crippen molar-refractivity contribution in [2.75, 3.05) is 5.32 Å². The molecule has 7 nitrogen and oxygen atoms in total. The minimum atomic E-state index is -0.493. The van der Waals surface area contributed by atoms with Gasteiger partial charge in [0, 0.05) is 34.8 Å². The van der Waals surface area contributed by atoms with Crippen LogP contribution >= 0.6 is 0 Å². The minimum Gasteiger partial charge on any atom is -0.416 e. The predicted molar refractivity (Wildman–Crippen MR) is 121 cm³/mol. The molecule has 0 aliphatic carbocycles. The van der Waals surface area contributed by atoms with Crippen LogP contribution in [0.3, 0.4) is 0 Å². The molecule has 0 saturated carbocycles. The quantitative estimate of drug-likeness (QED) is 0.402. The van der Waals surface area contributed by atoms with Gasteiger partial charge in [-0.1, -0.05) is 18.2 Å². The van der Waals surface area contributed by atoms with Crippen LogP contribution in [0.25, 0.3) is 28.6 Å². The van der Waals surface area contributed by atoms with Crippen molar-refractivity contribution in [1.29, 1.82) is 0 Å². The van der Waals surface area contributed by atoms with Gasteiger partial charge in [0.1, 0.15) is 5.69 Å². The highest BCUT2D eigenvalue weighted by Crippen LogP contribution is 2.26. The van der Waals surface area contributed by atoms with Crippen molar-refractivity contribution in [1.82, 2.24) is 20.0 Å². The Balaban J connectivity index is 1.30. The van der Waals surface area contributed by atoms with Gasteiger partial charge in [-0.2, -0.15) is 5.10 Å². The van der Waals surface area contributed by atoms with Gasteiger partial charge < -0.3 is 9.73 Å². The Morgan fingerprint density at radius 1 is 0.970 bits per heavy atom. The van der Waals surface area contributed by atoms with Gasteiger partial charge in [-0.25, -0.2) is 9.07 Å². The van der Waals surface area contributed by atoms with Crippen LogP contribution in [0.1, 0.15) is 15.9 Å². The van der Waals surface area contributed by atoms with E-state index in [0.29, 0.717) is 34.3 Å². The molecule has 5 aromatic rings. The van der Waals surface area contributed by atoms with Crippen molar-refractivity contribution in [2.24, 2.45) is 0 Å². The number of hydrogen-bond donors (Lipinski definition) is 1. The molecule has 0 bridgehead atoms. The summed E-state index contributed by atoms with van der Waals surface area (Å²) in [5, 5.41) is 15.0. The summed E-state index contributed by atoms with van der Waals surface area (Å²) in [6, 6.07) is 20.7. The molecule has 0 fully saturated rings. The number of anilines is 1. The number of rotatable bonds is 5. The molecule has 5 rings (SSSR count). The van der Waals surface area contributed by atoms with Crippen LogP contribution in [0, 0.1) is 12.7 Å². The molecule has 1 amide bonds. The lowest BCUT2D eigenvalue weighted by Crippen LogP contribution is -2.12. The maximum Gasteiger partial charge on any atom is 0.255 e. The van der Waals surface area contributed by atoms with E-state index in [4.69, 9.17) is 4.42 Å². The zero-order valence-corrected chi connectivity index (χ0v) is 17.6. The largest absolute Gasteiger partial charge is 0.416 e. The second kappa shape index (κ2) is 8.51. The number of carbonyl (C=O) groups excluding carboxylic acids is 1. The minimum absolute atomic E-state index is 0.298. The standard InChI is InChI=1S/C25H18FN5O2/c1-16-5-2-3-6-20(16)25-30-29-24(33-25)18-9-7-17(8-10-18)23(32)28-19-11-12-22(21(26)15-19)31-14-4-13-27-31/h2-15H,1H3,(H,28,32). The first kappa shape index (κ1) is 20.3. The first-order chi connectivity index (χ1) is 16.1. The summed E-state index contributed by atoms with van der Waals surface area (Å²) in [5.74, 6) is -0.0615. The van der Waals surface area contributed by atoms with Crippen molar-refractivity contribution in [3.8, 4) is 28.6 Å². The number of aryl methyl sites for hydroxylation is 1. The molecule has 2 aromatic heterocycles. The average Bonchev–Trinajstić information content (AvgIpc) is 3.52. The van der Waals surface area contributed by atoms with Crippen molar-refractivity contribution in [2.45, 2.75) is 6.92 Å². The van der Waals surface area contributed by atoms with Crippen LogP contribution in [0.5, 0.6) is 0 Å². The molecule has 0 atom stereocenters. The average molecular weight is 439 g/mol. The number of nitrogens with zero attached hydrogens (tertiary/aromatic N) is 4. The van der Waals surface area contributed by atoms with Gasteiger partial charge in [-0.05, 0) is 67.1 Å². The van der Waals surface area contributed by atoms with Crippen LogP contribution in [0.15, 0.2) is 89.6 Å². The lowest BCUT2D eigenvalue weighted by atomic mass is 10.1. The van der Waals surface area contributed by atoms with E-state index >= 15 is 0 Å². The van der Waals surface area contributed by atoms with E-state index in [-0.39, 0.29) is 5.91 Å². The molecule has 0 aliphatic rings. The van der Waals surface area contributed by atoms with E-state index in [1.807, 2.05) is 31.2 Å². The molecule has 0 radical (unpaired) electrons. The summed E-state index contributed by atoms with van der Waals surface area (Å²) in [5.41, 5.74) is 3.65. The zero-order chi connectivity index (χ0) is 22.8. The summed E-state index contributed by atoms with van der Waals surface area (Å²) in [4.78, 5) is 12.6. The van der Waals surface area contributed by atoms with Crippen LogP contribution in [0.2, 0.25) is 0 Å². The molecule has 0 aliphatic heterocycles. The van der Waals surface area contributed by atoms with Gasteiger partial charge in [0.25, 0.3) is 5.91 Å². The summed E-state index contributed by atoms with van der Waals surface area (Å²) < 4.78 is 21.7. The normalized spacial score (nSPS) is 10.8. The molecule has 8 heteroatoms. The molecular formula is C25H18FN5O2. The number of benzene rings is 3. The molecule has 0 saturated heterocycles. The van der Waals surface area contributed by atoms with Crippen LogP contribution in [0.4, 0.5) is 10.1 Å². The van der Waals surface area contributed by atoms with Gasteiger partial charge in [0.15, 0.2) is 5.82 Å². The molecule has 162 valence electrons. The Labute approximate surface area is 188 Å². The van der Waals surface area contributed by atoms with E-state index in [0.717, 1.165) is 11.1 Å². The first-order valence-corrected chi connectivity index (χ1v) is 10.2. The van der Waals surface area contributed by atoms with Gasteiger partial charge in [0.2, 0.25) is 11.8 Å². The molecule has 33 heavy (non-hydrogen) atoms. The smallest absolute Gasteiger partial charge is 0.255 e. The molecule has 1 N–H and O–H groups in total. The fourth-order valence-corrected chi connectivity index (χ4v) is 3.41. The Morgan fingerprint density at radius 2 is 1.76 bits per heavy atom. The van der Waals surface area contributed by atoms with E-state index < -0.39 is 5.82 Å². The monoisotopic (exact) mass is 439 g/mol. The SMILES string of the molecule is Cc1ccccc1-c1nnc(-c2ccc(C(=O)Nc3ccc(-n4cccn4)c(F)c3)cc2)o1. The van der Waals surface area contributed by atoms with Gasteiger partial charge in [-0.15, -0.1) is 10.2 Å². The van der Waals surface area contributed by atoms with Crippen LogP contribution < -0.4 is 5.32 Å². The summed E-state index contributed by atoms with van der Waals surface area (Å²) in [6.45, 7) is 1.98. The first-order valence-electron chi connectivity index (χ1n) is 10.2. The van der Waals surface area contributed by atoms with Gasteiger partial charge in [0.05, 0.1) is 0 Å². The maximum absolute atomic E-state index is 14.4. The van der Waals surface area contributed by atoms with E-state index in [2.05, 4.69) is 20.6 Å². The van der Waals surface area contributed by atoms with E-state index in [1.165, 1.54) is 10.7 Å². The summed E-state index contributed by atoms with van der Waals surface area (Å²) in [7, 11) is 0. The second-order valence-electron chi connectivity index (χ2n) is 7.38. The van der Waals surface area contributed by atoms with Crippen molar-refractivity contribution in [3.05, 3.63) is 102 Å². The number of halogens is 1. The predicted octanol–water partition coefficient (Wildman–Crippen LogP) is 5.29. The number of hydrogen-bond acceptors (Lipinski definition) is 5. The lowest BCUT2D eigenvalue weighted by Gasteiger charge is -2.08. The van der Waals surface area contributed by atoms with Crippen molar-refractivity contribution in [3.63, 3.8) is 0 Å². The lowest BCUT2D eigenvalue weighted by molar-refractivity contribution is 0.102. The fourth-order valence-electron chi connectivity index (χ4n) is 3.41. The summed E-state index contributed by atoms with van der Waals surface area (Å²) >= 11 is 0. The number of carbonyl (C=O) groups is 1. The third kappa shape index (κ3) is 4.14. The molecule has 0 unspecified atom stereocenters. The van der Waals surface area contributed by atoms with Crippen molar-refractivity contribution >= 4 is 11.6 Å². The second-order valence-corrected chi connectivity index (χ2v) is 7.38. The van der Waals surface area contributed by atoms with Crippen molar-refractivity contribution < 1.29 is 13.6 Å². The number of amides is 1. The Morgan fingerprint density at radius 3 is 2.48 bits per heavy atom. The Bertz CT molecular complexity index is 1430. The van der Waals surface area contributed by atoms with E-state index in [1.54, 1.807) is 54.9 Å².